The number of nitrogens with zero attached hydrogens (tertiary/aromatic N) is 2. The summed E-state index contributed by atoms with van der Waals surface area (Å²) in [6, 6.07) is 6.28. The highest BCUT2D eigenvalue weighted by Gasteiger charge is 2.31. The molecule has 1 aromatic carbocycles. The molecule has 0 aliphatic rings. The minimum Gasteiger partial charge on any atom is -0.480 e. The van der Waals surface area contributed by atoms with Crippen molar-refractivity contribution in [3.63, 3.8) is 0 Å². The molecule has 0 aliphatic carbocycles. The van der Waals surface area contributed by atoms with Gasteiger partial charge in [0.15, 0.2) is 0 Å². The highest BCUT2D eigenvalue weighted by atomic mass is 19.1. The zero-order valence-corrected chi connectivity index (χ0v) is 12.1. The molecular weight excluding hydrogens is 275 g/mol. The molecule has 2 aromatic rings. The summed E-state index contributed by atoms with van der Waals surface area (Å²) in [5.74, 6) is 0.0474. The van der Waals surface area contributed by atoms with Crippen molar-refractivity contribution in [3.8, 4) is 11.8 Å². The van der Waals surface area contributed by atoms with Crippen molar-refractivity contribution in [1.29, 1.82) is 0 Å². The summed E-state index contributed by atoms with van der Waals surface area (Å²) >= 11 is 0. The predicted molar refractivity (Wildman–Crippen MR) is 74.8 cm³/mol. The lowest BCUT2D eigenvalue weighted by molar-refractivity contribution is 0.0483. The Morgan fingerprint density at radius 3 is 2.57 bits per heavy atom. The molecular formula is C15H17FN2O3. The maximum Gasteiger partial charge on any atom is 0.241 e. The maximum absolute atomic E-state index is 13.7. The lowest BCUT2D eigenvalue weighted by Gasteiger charge is -2.24. The molecule has 6 heteroatoms. The van der Waals surface area contributed by atoms with Gasteiger partial charge in [0.1, 0.15) is 17.1 Å². The van der Waals surface area contributed by atoms with E-state index in [2.05, 4.69) is 9.97 Å². The molecule has 0 bridgehead atoms. The zero-order valence-electron chi connectivity index (χ0n) is 12.1. The van der Waals surface area contributed by atoms with Crippen molar-refractivity contribution in [2.45, 2.75) is 18.9 Å². The Kier molecular flexibility index (Phi) is 4.37. The van der Waals surface area contributed by atoms with E-state index in [1.165, 1.54) is 26.5 Å². The Morgan fingerprint density at radius 2 is 1.95 bits per heavy atom. The summed E-state index contributed by atoms with van der Waals surface area (Å²) in [6.45, 7) is 1.54. The fourth-order valence-electron chi connectivity index (χ4n) is 2.06. The Bertz CT molecular complexity index is 632. The highest BCUT2D eigenvalue weighted by molar-refractivity contribution is 5.30. The van der Waals surface area contributed by atoms with Gasteiger partial charge < -0.3 is 14.6 Å². The second-order valence-corrected chi connectivity index (χ2v) is 4.81. The second-order valence-electron chi connectivity index (χ2n) is 4.81. The molecule has 1 aromatic heterocycles. The molecule has 0 amide bonds. The molecule has 5 nitrogen and oxygen atoms in total. The molecule has 0 spiro atoms. The van der Waals surface area contributed by atoms with Gasteiger partial charge in [-0.25, -0.2) is 9.37 Å². The Balaban J connectivity index is 2.37. The standard InChI is InChI=1S/C15H17FN2O3/c1-15(19,8-10-6-4-5-7-11(10)16)13-14(21-3)18-12(20-2)9-17-13/h4-7,9,19H,8H2,1-3H3. The average molecular weight is 292 g/mol. The van der Waals surface area contributed by atoms with Crippen molar-refractivity contribution in [2.75, 3.05) is 14.2 Å². The normalized spacial score (nSPS) is 13.6. The van der Waals surface area contributed by atoms with Gasteiger partial charge in [-0.05, 0) is 18.6 Å². The van der Waals surface area contributed by atoms with Crippen molar-refractivity contribution in [1.82, 2.24) is 9.97 Å². The predicted octanol–water partition coefficient (Wildman–Crippen LogP) is 2.08. The molecule has 1 N–H and O–H groups in total. The van der Waals surface area contributed by atoms with E-state index >= 15 is 0 Å². The Morgan fingerprint density at radius 1 is 1.24 bits per heavy atom. The molecule has 1 unspecified atom stereocenters. The van der Waals surface area contributed by atoms with Gasteiger partial charge in [-0.3, -0.25) is 0 Å². The lowest BCUT2D eigenvalue weighted by atomic mass is 9.93. The van der Waals surface area contributed by atoms with Gasteiger partial charge in [0.05, 0.1) is 20.4 Å². The van der Waals surface area contributed by atoms with Crippen LogP contribution in [0.15, 0.2) is 30.5 Å². The van der Waals surface area contributed by atoms with Gasteiger partial charge in [-0.15, -0.1) is 0 Å². The van der Waals surface area contributed by atoms with Crippen LogP contribution in [0.4, 0.5) is 4.39 Å². The first-order valence-electron chi connectivity index (χ1n) is 6.39. The van der Waals surface area contributed by atoms with Gasteiger partial charge >= 0.3 is 0 Å². The summed E-state index contributed by atoms with van der Waals surface area (Å²) in [7, 11) is 2.88. The zero-order chi connectivity index (χ0) is 15.5. The summed E-state index contributed by atoms with van der Waals surface area (Å²) < 4.78 is 23.8. The van der Waals surface area contributed by atoms with Gasteiger partial charge in [0.2, 0.25) is 11.8 Å². The van der Waals surface area contributed by atoms with Gasteiger partial charge in [-0.2, -0.15) is 4.98 Å². The third-order valence-corrected chi connectivity index (χ3v) is 3.12. The van der Waals surface area contributed by atoms with Crippen molar-refractivity contribution < 1.29 is 19.0 Å². The molecule has 0 saturated heterocycles. The molecule has 0 fully saturated rings. The Hall–Kier alpha value is -2.21. The van der Waals surface area contributed by atoms with Crippen LogP contribution in [0, 0.1) is 5.82 Å². The van der Waals surface area contributed by atoms with E-state index in [0.29, 0.717) is 5.56 Å². The smallest absolute Gasteiger partial charge is 0.241 e. The lowest BCUT2D eigenvalue weighted by Crippen LogP contribution is -2.27. The fraction of sp³-hybridized carbons (Fsp3) is 0.333. The average Bonchev–Trinajstić information content (AvgIpc) is 2.48. The third kappa shape index (κ3) is 3.28. The quantitative estimate of drug-likeness (QED) is 0.914. The first kappa shape index (κ1) is 15.2. The fourth-order valence-corrected chi connectivity index (χ4v) is 2.06. The van der Waals surface area contributed by atoms with E-state index in [1.54, 1.807) is 25.1 Å². The first-order chi connectivity index (χ1) is 9.97. The molecule has 112 valence electrons. The van der Waals surface area contributed by atoms with Crippen LogP contribution in [0.3, 0.4) is 0 Å². The van der Waals surface area contributed by atoms with Gasteiger partial charge in [-0.1, -0.05) is 18.2 Å². The number of aliphatic hydroxyl groups is 1. The molecule has 1 atom stereocenters. The molecule has 0 radical (unpaired) electrons. The van der Waals surface area contributed by atoms with E-state index in [-0.39, 0.29) is 29.7 Å². The number of benzene rings is 1. The van der Waals surface area contributed by atoms with E-state index < -0.39 is 5.60 Å². The number of hydrogen-bond acceptors (Lipinski definition) is 5. The minimum absolute atomic E-state index is 0.0526. The monoisotopic (exact) mass is 292 g/mol. The number of hydrogen-bond donors (Lipinski definition) is 1. The van der Waals surface area contributed by atoms with Gasteiger partial charge in [0, 0.05) is 6.42 Å². The highest BCUT2D eigenvalue weighted by Crippen LogP contribution is 2.31. The second kappa shape index (κ2) is 6.05. The summed E-state index contributed by atoms with van der Waals surface area (Å²) in [4.78, 5) is 8.21. The van der Waals surface area contributed by atoms with Crippen molar-refractivity contribution in [2.24, 2.45) is 0 Å². The van der Waals surface area contributed by atoms with Crippen LogP contribution in [0.25, 0.3) is 0 Å². The summed E-state index contributed by atoms with van der Waals surface area (Å²) in [5, 5.41) is 10.6. The Labute approximate surface area is 122 Å². The number of rotatable bonds is 5. The SMILES string of the molecule is COc1cnc(C(C)(O)Cc2ccccc2F)c(OC)n1. The first-order valence-corrected chi connectivity index (χ1v) is 6.39. The molecule has 21 heavy (non-hydrogen) atoms. The van der Waals surface area contributed by atoms with Crippen molar-refractivity contribution >= 4 is 0 Å². The molecule has 1 heterocycles. The topological polar surface area (TPSA) is 64.5 Å². The third-order valence-electron chi connectivity index (χ3n) is 3.12. The number of ether oxygens (including phenoxy) is 2. The molecule has 0 aliphatic heterocycles. The van der Waals surface area contributed by atoms with E-state index in [0.717, 1.165) is 0 Å². The van der Waals surface area contributed by atoms with Gasteiger partial charge in [0.25, 0.3) is 0 Å². The number of aromatic nitrogens is 2. The number of methoxy groups -OCH3 is 2. The van der Waals surface area contributed by atoms with E-state index in [1.807, 2.05) is 0 Å². The number of halogens is 1. The van der Waals surface area contributed by atoms with Crippen LogP contribution in [-0.2, 0) is 12.0 Å². The molecule has 2 rings (SSSR count). The largest absolute Gasteiger partial charge is 0.480 e. The summed E-state index contributed by atoms with van der Waals surface area (Å²) in [6.07, 6.45) is 1.44. The molecule has 0 saturated carbocycles. The van der Waals surface area contributed by atoms with Crippen LogP contribution in [0.5, 0.6) is 11.8 Å². The summed E-state index contributed by atoms with van der Waals surface area (Å²) in [5.41, 5.74) is -0.802. The van der Waals surface area contributed by atoms with Crippen LogP contribution >= 0.6 is 0 Å². The van der Waals surface area contributed by atoms with Crippen LogP contribution in [0.1, 0.15) is 18.2 Å². The van der Waals surface area contributed by atoms with E-state index in [9.17, 15) is 9.50 Å². The van der Waals surface area contributed by atoms with E-state index in [4.69, 9.17) is 9.47 Å². The van der Waals surface area contributed by atoms with Crippen LogP contribution in [-0.4, -0.2) is 29.3 Å². The van der Waals surface area contributed by atoms with Crippen molar-refractivity contribution in [3.05, 3.63) is 47.5 Å². The minimum atomic E-state index is -1.42. The maximum atomic E-state index is 13.7. The van der Waals surface area contributed by atoms with Crippen LogP contribution in [0.2, 0.25) is 0 Å². The van der Waals surface area contributed by atoms with Crippen LogP contribution < -0.4 is 9.47 Å².